The third-order valence-corrected chi connectivity index (χ3v) is 5.01. The largest absolute Gasteiger partial charge is 0.469 e. The van der Waals surface area contributed by atoms with E-state index in [0.29, 0.717) is 12.8 Å². The second-order valence-corrected chi connectivity index (χ2v) is 6.79. The summed E-state index contributed by atoms with van der Waals surface area (Å²) in [7, 11) is 6.37. The zero-order chi connectivity index (χ0) is 17.7. The third kappa shape index (κ3) is 3.90. The molecule has 7 heteroatoms. The normalized spacial score (nSPS) is 27.5. The molecule has 1 aliphatic heterocycles. The van der Waals surface area contributed by atoms with Crippen LogP contribution < -0.4 is 0 Å². The molecule has 1 saturated heterocycles. The lowest BCUT2D eigenvalue weighted by atomic mass is 9.87. The van der Waals surface area contributed by atoms with Crippen molar-refractivity contribution in [3.63, 3.8) is 0 Å². The average molecular weight is 342 g/mol. The maximum absolute atomic E-state index is 12.8. The average Bonchev–Trinajstić information content (AvgIpc) is 3.14. The van der Waals surface area contributed by atoms with Crippen LogP contribution in [0.4, 0.5) is 0 Å². The first-order valence-electron chi connectivity index (χ1n) is 8.72. The number of hydrogen-bond donors (Lipinski definition) is 0. The fraction of sp³-hybridized carbons (Fsp3) is 0.882. The molecule has 1 aliphatic carbocycles. The topological polar surface area (TPSA) is 68.3 Å². The molecule has 0 N–H and O–H groups in total. The van der Waals surface area contributed by atoms with E-state index in [-0.39, 0.29) is 23.9 Å². The number of ether oxygens (including phenoxy) is 3. The molecule has 138 valence electrons. The van der Waals surface area contributed by atoms with Gasteiger partial charge in [0.2, 0.25) is 0 Å². The van der Waals surface area contributed by atoms with Crippen molar-refractivity contribution in [1.82, 2.24) is 9.80 Å². The predicted octanol–water partition coefficient (Wildman–Crippen LogP) is 1.22. The van der Waals surface area contributed by atoms with Crippen LogP contribution in [-0.2, 0) is 23.8 Å². The quantitative estimate of drug-likeness (QED) is 0.534. The Hall–Kier alpha value is -1.18. The molecule has 2 aliphatic rings. The van der Waals surface area contributed by atoms with Gasteiger partial charge in [0, 0.05) is 34.3 Å². The molecule has 0 aromatic heterocycles. The first-order chi connectivity index (χ1) is 11.4. The molecule has 0 spiro atoms. The summed E-state index contributed by atoms with van der Waals surface area (Å²) in [6, 6.07) is 0. The van der Waals surface area contributed by atoms with E-state index < -0.39 is 5.91 Å². The van der Waals surface area contributed by atoms with Gasteiger partial charge in [-0.1, -0.05) is 0 Å². The zero-order valence-corrected chi connectivity index (χ0v) is 15.2. The number of likely N-dealkylation sites (tertiary alicyclic amines) is 1. The second kappa shape index (κ2) is 8.27. The van der Waals surface area contributed by atoms with E-state index in [2.05, 4.69) is 0 Å². The number of carbonyl (C=O) groups excluding carboxylic acids is 2. The van der Waals surface area contributed by atoms with E-state index in [4.69, 9.17) is 14.2 Å². The van der Waals surface area contributed by atoms with E-state index in [1.807, 2.05) is 4.90 Å². The SMILES string of the molecule is COC(=O)C1CCC(OC(OC)(C(=O)N(C)C)N2CCCC2)CC1. The summed E-state index contributed by atoms with van der Waals surface area (Å²) < 4.78 is 16.7. The van der Waals surface area contributed by atoms with Crippen LogP contribution in [0.15, 0.2) is 0 Å². The Labute approximate surface area is 144 Å². The Morgan fingerprint density at radius 1 is 1.04 bits per heavy atom. The van der Waals surface area contributed by atoms with Crippen molar-refractivity contribution in [2.45, 2.75) is 50.5 Å². The number of amides is 1. The minimum absolute atomic E-state index is 0.0665. The number of hydrogen-bond acceptors (Lipinski definition) is 6. The molecule has 0 radical (unpaired) electrons. The molecule has 0 aromatic rings. The number of rotatable bonds is 6. The molecule has 0 bridgehead atoms. The minimum atomic E-state index is -1.36. The Bertz CT molecular complexity index is 442. The Balaban J connectivity index is 2.08. The third-order valence-electron chi connectivity index (χ3n) is 5.01. The highest BCUT2D eigenvalue weighted by Crippen LogP contribution is 2.33. The molecule has 0 aromatic carbocycles. The Morgan fingerprint density at radius 2 is 1.62 bits per heavy atom. The Kier molecular flexibility index (Phi) is 6.60. The summed E-state index contributed by atoms with van der Waals surface area (Å²) in [4.78, 5) is 28.0. The summed E-state index contributed by atoms with van der Waals surface area (Å²) in [6.45, 7) is 1.57. The molecule has 2 rings (SSSR count). The lowest BCUT2D eigenvalue weighted by molar-refractivity contribution is -0.307. The first kappa shape index (κ1) is 19.1. The number of likely N-dealkylation sites (N-methyl/N-ethyl adjacent to an activating group) is 1. The van der Waals surface area contributed by atoms with Gasteiger partial charge in [-0.15, -0.1) is 0 Å². The number of carbonyl (C=O) groups is 2. The molecular formula is C17H30N2O5. The fourth-order valence-electron chi connectivity index (χ4n) is 3.63. The lowest BCUT2D eigenvalue weighted by Gasteiger charge is -2.42. The Morgan fingerprint density at radius 3 is 2.08 bits per heavy atom. The van der Waals surface area contributed by atoms with Gasteiger partial charge in [-0.25, -0.2) is 4.90 Å². The van der Waals surface area contributed by atoms with Crippen LogP contribution in [0.5, 0.6) is 0 Å². The number of nitrogens with zero attached hydrogens (tertiary/aromatic N) is 2. The lowest BCUT2D eigenvalue weighted by Crippen LogP contribution is -2.62. The van der Waals surface area contributed by atoms with Gasteiger partial charge in [0.25, 0.3) is 5.91 Å². The highest BCUT2D eigenvalue weighted by Gasteiger charge is 2.50. The molecular weight excluding hydrogens is 312 g/mol. The van der Waals surface area contributed by atoms with Crippen molar-refractivity contribution in [2.75, 3.05) is 41.4 Å². The van der Waals surface area contributed by atoms with Gasteiger partial charge >= 0.3 is 11.9 Å². The molecule has 1 atom stereocenters. The number of methoxy groups -OCH3 is 2. The minimum Gasteiger partial charge on any atom is -0.469 e. The molecule has 1 saturated carbocycles. The van der Waals surface area contributed by atoms with E-state index in [9.17, 15) is 9.59 Å². The van der Waals surface area contributed by atoms with Gasteiger partial charge in [-0.2, -0.15) is 0 Å². The standard InChI is InChI=1S/C17H30N2O5/c1-18(2)16(21)17(23-4,19-11-5-6-12-19)24-14-9-7-13(8-10-14)15(20)22-3/h13-14H,5-12H2,1-4H3. The van der Waals surface area contributed by atoms with E-state index in [0.717, 1.165) is 38.8 Å². The van der Waals surface area contributed by atoms with Crippen molar-refractivity contribution in [1.29, 1.82) is 0 Å². The molecule has 24 heavy (non-hydrogen) atoms. The molecule has 1 unspecified atom stereocenters. The first-order valence-corrected chi connectivity index (χ1v) is 8.72. The maximum Gasteiger partial charge on any atom is 0.314 e. The predicted molar refractivity (Wildman–Crippen MR) is 88.1 cm³/mol. The second-order valence-electron chi connectivity index (χ2n) is 6.79. The monoisotopic (exact) mass is 342 g/mol. The highest BCUT2D eigenvalue weighted by molar-refractivity contribution is 5.83. The van der Waals surface area contributed by atoms with Gasteiger partial charge < -0.3 is 19.1 Å². The highest BCUT2D eigenvalue weighted by atomic mass is 16.7. The van der Waals surface area contributed by atoms with Crippen LogP contribution in [0.3, 0.4) is 0 Å². The zero-order valence-electron chi connectivity index (χ0n) is 15.2. The molecule has 1 amide bonds. The molecule has 7 nitrogen and oxygen atoms in total. The summed E-state index contributed by atoms with van der Waals surface area (Å²) in [5.41, 5.74) is 0. The molecule has 1 heterocycles. The number of esters is 1. The van der Waals surface area contributed by atoms with E-state index >= 15 is 0 Å². The van der Waals surface area contributed by atoms with Crippen LogP contribution in [0.1, 0.15) is 38.5 Å². The van der Waals surface area contributed by atoms with Crippen LogP contribution in [0.2, 0.25) is 0 Å². The van der Waals surface area contributed by atoms with Crippen LogP contribution >= 0.6 is 0 Å². The smallest absolute Gasteiger partial charge is 0.314 e. The van der Waals surface area contributed by atoms with Gasteiger partial charge in [0.1, 0.15) is 0 Å². The van der Waals surface area contributed by atoms with Crippen LogP contribution in [0, 0.1) is 5.92 Å². The molecule has 2 fully saturated rings. The summed E-state index contributed by atoms with van der Waals surface area (Å²) in [5.74, 6) is -1.77. The van der Waals surface area contributed by atoms with Crippen LogP contribution in [0.25, 0.3) is 0 Å². The van der Waals surface area contributed by atoms with E-state index in [1.165, 1.54) is 19.1 Å². The van der Waals surface area contributed by atoms with Gasteiger partial charge in [0.15, 0.2) is 0 Å². The maximum atomic E-state index is 12.8. The van der Waals surface area contributed by atoms with Crippen molar-refractivity contribution < 1.29 is 23.8 Å². The van der Waals surface area contributed by atoms with Gasteiger partial charge in [-0.05, 0) is 38.5 Å². The van der Waals surface area contributed by atoms with Crippen molar-refractivity contribution >= 4 is 11.9 Å². The fourth-order valence-corrected chi connectivity index (χ4v) is 3.63. The van der Waals surface area contributed by atoms with Crippen molar-refractivity contribution in [3.8, 4) is 0 Å². The van der Waals surface area contributed by atoms with Gasteiger partial charge in [0.05, 0.1) is 19.1 Å². The van der Waals surface area contributed by atoms with Gasteiger partial charge in [-0.3, -0.25) is 9.59 Å². The van der Waals surface area contributed by atoms with E-state index in [1.54, 1.807) is 14.1 Å². The summed E-state index contributed by atoms with van der Waals surface area (Å²) in [6.07, 6.45) is 4.84. The van der Waals surface area contributed by atoms with Crippen LogP contribution in [-0.4, -0.2) is 75.1 Å². The van der Waals surface area contributed by atoms with Crippen molar-refractivity contribution in [2.24, 2.45) is 5.92 Å². The summed E-state index contributed by atoms with van der Waals surface area (Å²) in [5, 5.41) is 0. The summed E-state index contributed by atoms with van der Waals surface area (Å²) >= 11 is 0. The van der Waals surface area contributed by atoms with Crippen molar-refractivity contribution in [3.05, 3.63) is 0 Å².